The van der Waals surface area contributed by atoms with E-state index in [1.165, 1.54) is 24.3 Å². The van der Waals surface area contributed by atoms with Gasteiger partial charge in [-0.25, -0.2) is 4.79 Å². The second kappa shape index (κ2) is 8.78. The Morgan fingerprint density at radius 1 is 1.20 bits per heavy atom. The lowest BCUT2D eigenvalue weighted by Crippen LogP contribution is -2.45. The van der Waals surface area contributed by atoms with Crippen molar-refractivity contribution in [3.8, 4) is 5.75 Å². The van der Waals surface area contributed by atoms with Crippen LogP contribution >= 0.6 is 0 Å². The molecule has 1 aromatic carbocycles. The Labute approximate surface area is 145 Å². The van der Waals surface area contributed by atoms with Crippen LogP contribution in [0, 0.1) is 11.8 Å². The molecule has 0 heterocycles. The lowest BCUT2D eigenvalue weighted by atomic mass is 9.78. The van der Waals surface area contributed by atoms with Crippen LogP contribution in [0.1, 0.15) is 43.5 Å². The number of carbonyl (C=O) groups excluding carboxylic acids is 2. The predicted molar refractivity (Wildman–Crippen MR) is 87.5 cm³/mol. The molecule has 0 bridgehead atoms. The largest absolute Gasteiger partial charge is 0.452 e. The van der Waals surface area contributed by atoms with Crippen LogP contribution < -0.4 is 10.1 Å². The van der Waals surface area contributed by atoms with Crippen molar-refractivity contribution >= 4 is 11.9 Å². The molecule has 25 heavy (non-hydrogen) atoms. The van der Waals surface area contributed by atoms with Gasteiger partial charge in [-0.2, -0.15) is 8.78 Å². The molecule has 5 nitrogen and oxygen atoms in total. The molecule has 1 N–H and O–H groups in total. The maximum Gasteiger partial charge on any atom is 0.387 e. The minimum Gasteiger partial charge on any atom is -0.452 e. The quantitative estimate of drug-likeness (QED) is 0.795. The molecule has 0 saturated heterocycles. The summed E-state index contributed by atoms with van der Waals surface area (Å²) in [5, 5.41) is 2.92. The number of benzene rings is 1. The van der Waals surface area contributed by atoms with Crippen molar-refractivity contribution < 1.29 is 27.8 Å². The molecule has 0 aromatic heterocycles. The van der Waals surface area contributed by atoms with Crippen molar-refractivity contribution in [2.75, 3.05) is 6.61 Å². The fourth-order valence-electron chi connectivity index (χ4n) is 3.02. The summed E-state index contributed by atoms with van der Waals surface area (Å²) in [5.41, 5.74) is 0.161. The highest BCUT2D eigenvalue weighted by atomic mass is 19.3. The third-order valence-corrected chi connectivity index (χ3v) is 4.70. The van der Waals surface area contributed by atoms with Gasteiger partial charge in [-0.15, -0.1) is 0 Å². The number of carbonyl (C=O) groups is 2. The van der Waals surface area contributed by atoms with E-state index in [-0.39, 0.29) is 29.9 Å². The van der Waals surface area contributed by atoms with Crippen LogP contribution in [0.4, 0.5) is 8.78 Å². The van der Waals surface area contributed by atoms with Crippen LogP contribution in [0.5, 0.6) is 5.75 Å². The third-order valence-electron chi connectivity index (χ3n) is 4.70. The zero-order valence-corrected chi connectivity index (χ0v) is 14.3. The van der Waals surface area contributed by atoms with Gasteiger partial charge in [0.05, 0.1) is 5.56 Å². The number of hydrogen-bond acceptors (Lipinski definition) is 4. The van der Waals surface area contributed by atoms with Crippen LogP contribution in [0.3, 0.4) is 0 Å². The second-order valence-electron chi connectivity index (χ2n) is 6.42. The molecule has 1 aromatic rings. The number of nitrogens with one attached hydrogen (secondary N) is 1. The van der Waals surface area contributed by atoms with E-state index in [9.17, 15) is 18.4 Å². The zero-order valence-electron chi connectivity index (χ0n) is 14.3. The molecule has 138 valence electrons. The molecule has 0 radical (unpaired) electrons. The minimum atomic E-state index is -2.92. The molecule has 1 fully saturated rings. The highest BCUT2D eigenvalue weighted by Crippen LogP contribution is 2.29. The molecular formula is C18H23F2NO4. The van der Waals surface area contributed by atoms with Gasteiger partial charge in [0.1, 0.15) is 5.75 Å². The topological polar surface area (TPSA) is 64.6 Å². The predicted octanol–water partition coefficient (Wildman–Crippen LogP) is 3.39. The molecule has 0 aliphatic heterocycles. The summed E-state index contributed by atoms with van der Waals surface area (Å²) >= 11 is 0. The Kier molecular flexibility index (Phi) is 6.73. The number of amides is 1. The molecule has 1 aliphatic carbocycles. The van der Waals surface area contributed by atoms with Gasteiger partial charge >= 0.3 is 12.6 Å². The van der Waals surface area contributed by atoms with E-state index in [4.69, 9.17) is 4.74 Å². The molecule has 7 heteroatoms. The molecule has 1 amide bonds. The Morgan fingerprint density at radius 3 is 2.52 bits per heavy atom. The number of halogens is 2. The Balaban J connectivity index is 1.80. The average molecular weight is 355 g/mol. The van der Waals surface area contributed by atoms with Crippen molar-refractivity contribution in [3.05, 3.63) is 29.8 Å². The summed E-state index contributed by atoms with van der Waals surface area (Å²) < 4.78 is 33.3. The van der Waals surface area contributed by atoms with Crippen LogP contribution in [-0.2, 0) is 9.53 Å². The first kappa shape index (κ1) is 19.1. The highest BCUT2D eigenvalue weighted by Gasteiger charge is 2.28. The minimum absolute atomic E-state index is 0.0512. The Bertz CT molecular complexity index is 591. The number of hydrogen-bond donors (Lipinski definition) is 1. The Morgan fingerprint density at radius 2 is 1.88 bits per heavy atom. The molecule has 0 spiro atoms. The summed E-state index contributed by atoms with van der Waals surface area (Å²) in [6.45, 7) is 0.992. The van der Waals surface area contributed by atoms with E-state index in [1.54, 1.807) is 0 Å². The number of ether oxygens (including phenoxy) is 2. The van der Waals surface area contributed by atoms with Gasteiger partial charge in [0, 0.05) is 6.04 Å². The van der Waals surface area contributed by atoms with Gasteiger partial charge < -0.3 is 14.8 Å². The standard InChI is InChI=1S/C18H23F2NO4/c1-11-4-3-5-15(12(11)2)21-16(22)10-24-17(23)13-6-8-14(9-7-13)25-18(19)20/h6-9,11-12,15,18H,3-5,10H2,1-2H3,(H,21,22). The van der Waals surface area contributed by atoms with Crippen molar-refractivity contribution in [3.63, 3.8) is 0 Å². The van der Waals surface area contributed by atoms with Crippen molar-refractivity contribution in [2.24, 2.45) is 11.8 Å². The van der Waals surface area contributed by atoms with E-state index in [1.807, 2.05) is 0 Å². The Hall–Kier alpha value is -2.18. The first-order valence-corrected chi connectivity index (χ1v) is 8.38. The van der Waals surface area contributed by atoms with Crippen LogP contribution in [0.2, 0.25) is 0 Å². The molecule has 2 rings (SSSR count). The average Bonchev–Trinajstić information content (AvgIpc) is 2.57. The molecule has 1 saturated carbocycles. The summed E-state index contributed by atoms with van der Waals surface area (Å²) in [6.07, 6.45) is 3.16. The van der Waals surface area contributed by atoms with Gasteiger partial charge in [-0.3, -0.25) is 4.79 Å². The first-order valence-electron chi connectivity index (χ1n) is 8.38. The van der Waals surface area contributed by atoms with E-state index in [0.717, 1.165) is 19.3 Å². The molecule has 1 aliphatic rings. The van der Waals surface area contributed by atoms with Gasteiger partial charge in [-0.1, -0.05) is 26.7 Å². The van der Waals surface area contributed by atoms with Crippen molar-refractivity contribution in [1.82, 2.24) is 5.32 Å². The lowest BCUT2D eigenvalue weighted by Gasteiger charge is -2.34. The van der Waals surface area contributed by atoms with Gasteiger partial charge in [-0.05, 0) is 42.5 Å². The third kappa shape index (κ3) is 5.69. The van der Waals surface area contributed by atoms with Crippen molar-refractivity contribution in [2.45, 2.75) is 45.8 Å². The molecule has 3 unspecified atom stereocenters. The van der Waals surface area contributed by atoms with E-state index < -0.39 is 12.6 Å². The van der Waals surface area contributed by atoms with Crippen LogP contribution in [-0.4, -0.2) is 31.1 Å². The summed E-state index contributed by atoms with van der Waals surface area (Å²) in [6, 6.07) is 5.20. The summed E-state index contributed by atoms with van der Waals surface area (Å²) in [7, 11) is 0. The highest BCUT2D eigenvalue weighted by molar-refractivity contribution is 5.91. The van der Waals surface area contributed by atoms with Gasteiger partial charge in [0.15, 0.2) is 6.61 Å². The van der Waals surface area contributed by atoms with E-state index in [0.29, 0.717) is 11.8 Å². The first-order chi connectivity index (χ1) is 11.9. The van der Waals surface area contributed by atoms with Gasteiger partial charge in [0.2, 0.25) is 0 Å². The number of esters is 1. The second-order valence-corrected chi connectivity index (χ2v) is 6.42. The molecular weight excluding hydrogens is 332 g/mol. The summed E-state index contributed by atoms with van der Waals surface area (Å²) in [5.74, 6) is -0.142. The SMILES string of the molecule is CC1CCCC(NC(=O)COC(=O)c2ccc(OC(F)F)cc2)C1C. The fourth-order valence-corrected chi connectivity index (χ4v) is 3.02. The molecule has 3 atom stereocenters. The van der Waals surface area contributed by atoms with Crippen LogP contribution in [0.15, 0.2) is 24.3 Å². The van der Waals surface area contributed by atoms with Crippen molar-refractivity contribution in [1.29, 1.82) is 0 Å². The van der Waals surface area contributed by atoms with E-state index >= 15 is 0 Å². The normalized spacial score (nSPS) is 23.2. The van der Waals surface area contributed by atoms with Crippen LogP contribution in [0.25, 0.3) is 0 Å². The van der Waals surface area contributed by atoms with E-state index in [2.05, 4.69) is 23.9 Å². The maximum absolute atomic E-state index is 12.1. The fraction of sp³-hybridized carbons (Fsp3) is 0.556. The van der Waals surface area contributed by atoms with Gasteiger partial charge in [0.25, 0.3) is 5.91 Å². The lowest BCUT2D eigenvalue weighted by molar-refractivity contribution is -0.125. The smallest absolute Gasteiger partial charge is 0.387 e. The zero-order chi connectivity index (χ0) is 18.4. The summed E-state index contributed by atoms with van der Waals surface area (Å²) in [4.78, 5) is 23.9. The monoisotopic (exact) mass is 355 g/mol. The number of rotatable bonds is 6. The maximum atomic E-state index is 12.1. The number of alkyl halides is 2.